The first kappa shape index (κ1) is 13.6. The number of para-hydroxylation sites is 1. The lowest BCUT2D eigenvalue weighted by molar-refractivity contribution is 0.402. The van der Waals surface area contributed by atoms with Gasteiger partial charge in [-0.1, -0.05) is 18.2 Å². The Morgan fingerprint density at radius 2 is 2.05 bits per heavy atom. The Kier molecular flexibility index (Phi) is 3.83. The molecule has 2 heterocycles. The Hall–Kier alpha value is -2.40. The van der Waals surface area contributed by atoms with Crippen LogP contribution in [0, 0.1) is 6.92 Å². The summed E-state index contributed by atoms with van der Waals surface area (Å²) in [5, 5.41) is 7.76. The highest BCUT2D eigenvalue weighted by Gasteiger charge is 2.11. The predicted molar refractivity (Wildman–Crippen MR) is 80.1 cm³/mol. The second-order valence-electron chi connectivity index (χ2n) is 5.04. The van der Waals surface area contributed by atoms with Crippen molar-refractivity contribution in [2.75, 3.05) is 0 Å². The molecule has 3 rings (SSSR count). The van der Waals surface area contributed by atoms with Crippen molar-refractivity contribution in [1.29, 1.82) is 0 Å². The third kappa shape index (κ3) is 3.20. The minimum Gasteiger partial charge on any atom is -0.444 e. The van der Waals surface area contributed by atoms with Crippen LogP contribution < -0.4 is 5.32 Å². The fraction of sp³-hybridized carbons (Fsp3) is 0.250. The molecule has 0 amide bonds. The molecule has 0 aliphatic rings. The molecule has 5 nitrogen and oxygen atoms in total. The van der Waals surface area contributed by atoms with E-state index in [9.17, 15) is 0 Å². The van der Waals surface area contributed by atoms with Crippen molar-refractivity contribution in [2.45, 2.75) is 26.4 Å². The van der Waals surface area contributed by atoms with Crippen LogP contribution in [0.25, 0.3) is 5.69 Å². The van der Waals surface area contributed by atoms with Gasteiger partial charge in [-0.3, -0.25) is 0 Å². The molecular weight excluding hydrogens is 264 g/mol. The topological polar surface area (TPSA) is 55.9 Å². The number of aryl methyl sites for hydroxylation is 1. The normalized spacial score (nSPS) is 12.5. The van der Waals surface area contributed by atoms with E-state index in [0.29, 0.717) is 5.89 Å². The Bertz CT molecular complexity index is 702. The first-order chi connectivity index (χ1) is 10.2. The van der Waals surface area contributed by atoms with Gasteiger partial charge in [-0.2, -0.15) is 5.10 Å². The van der Waals surface area contributed by atoms with E-state index in [1.54, 1.807) is 6.20 Å². The summed E-state index contributed by atoms with van der Waals surface area (Å²) in [5.74, 6) is 1.54. The van der Waals surface area contributed by atoms with Crippen LogP contribution in [0.5, 0.6) is 0 Å². The molecule has 2 aromatic heterocycles. The lowest BCUT2D eigenvalue weighted by Crippen LogP contribution is -2.18. The van der Waals surface area contributed by atoms with Crippen LogP contribution in [0.15, 0.2) is 53.3 Å². The van der Waals surface area contributed by atoms with E-state index in [0.717, 1.165) is 23.6 Å². The van der Waals surface area contributed by atoms with E-state index in [1.807, 2.05) is 61.3 Å². The van der Waals surface area contributed by atoms with Crippen LogP contribution in [-0.2, 0) is 6.54 Å². The lowest BCUT2D eigenvalue weighted by atomic mass is 10.3. The number of hydrogen-bond donors (Lipinski definition) is 1. The molecular formula is C16H18N4O. The molecule has 1 unspecified atom stereocenters. The largest absolute Gasteiger partial charge is 0.444 e. The molecule has 0 fully saturated rings. The van der Waals surface area contributed by atoms with Crippen molar-refractivity contribution < 1.29 is 4.42 Å². The Morgan fingerprint density at radius 3 is 2.76 bits per heavy atom. The Morgan fingerprint density at radius 1 is 1.24 bits per heavy atom. The number of rotatable bonds is 5. The van der Waals surface area contributed by atoms with Gasteiger partial charge >= 0.3 is 0 Å². The zero-order valence-corrected chi connectivity index (χ0v) is 12.2. The van der Waals surface area contributed by atoms with E-state index in [1.165, 1.54) is 0 Å². The number of nitrogens with zero attached hydrogens (tertiary/aromatic N) is 3. The smallest absolute Gasteiger partial charge is 0.211 e. The van der Waals surface area contributed by atoms with E-state index >= 15 is 0 Å². The van der Waals surface area contributed by atoms with Gasteiger partial charge in [0.25, 0.3) is 0 Å². The van der Waals surface area contributed by atoms with Crippen molar-refractivity contribution >= 4 is 0 Å². The maximum absolute atomic E-state index is 5.51. The average Bonchev–Trinajstić information content (AvgIpc) is 3.15. The molecule has 0 radical (unpaired) electrons. The van der Waals surface area contributed by atoms with Crippen LogP contribution in [0.2, 0.25) is 0 Å². The number of benzene rings is 1. The molecule has 0 aliphatic carbocycles. The van der Waals surface area contributed by atoms with Crippen molar-refractivity contribution in [1.82, 2.24) is 20.1 Å². The second kappa shape index (κ2) is 5.93. The van der Waals surface area contributed by atoms with Crippen LogP contribution in [0.3, 0.4) is 0 Å². The zero-order valence-electron chi connectivity index (χ0n) is 12.2. The van der Waals surface area contributed by atoms with E-state index in [-0.39, 0.29) is 6.04 Å². The molecule has 0 spiro atoms. The van der Waals surface area contributed by atoms with Crippen LogP contribution >= 0.6 is 0 Å². The van der Waals surface area contributed by atoms with Crippen LogP contribution in [-0.4, -0.2) is 14.8 Å². The van der Waals surface area contributed by atoms with Gasteiger partial charge in [0.05, 0.1) is 24.1 Å². The quantitative estimate of drug-likeness (QED) is 0.781. The number of aromatic nitrogens is 3. The molecule has 21 heavy (non-hydrogen) atoms. The lowest BCUT2D eigenvalue weighted by Gasteiger charge is -2.08. The van der Waals surface area contributed by atoms with E-state index < -0.39 is 0 Å². The van der Waals surface area contributed by atoms with Gasteiger partial charge in [-0.15, -0.1) is 0 Å². The van der Waals surface area contributed by atoms with E-state index in [4.69, 9.17) is 4.42 Å². The van der Waals surface area contributed by atoms with Crippen LogP contribution in [0.4, 0.5) is 0 Å². The molecule has 1 atom stereocenters. The molecule has 0 saturated carbocycles. The summed E-state index contributed by atoms with van der Waals surface area (Å²) in [4.78, 5) is 4.23. The summed E-state index contributed by atoms with van der Waals surface area (Å²) in [7, 11) is 0. The highest BCUT2D eigenvalue weighted by atomic mass is 16.4. The van der Waals surface area contributed by atoms with Crippen molar-refractivity contribution in [3.63, 3.8) is 0 Å². The second-order valence-corrected chi connectivity index (χ2v) is 5.04. The summed E-state index contributed by atoms with van der Waals surface area (Å²) in [6.45, 7) is 4.65. The minimum atomic E-state index is 0.0683. The highest BCUT2D eigenvalue weighted by Crippen LogP contribution is 2.13. The summed E-state index contributed by atoms with van der Waals surface area (Å²) >= 11 is 0. The standard InChI is InChI=1S/C16H18N4O/c1-12-8-18-16(21-12)13(2)17-9-14-10-19-20(11-14)15-6-4-3-5-7-15/h3-8,10-11,13,17H,9H2,1-2H3. The molecule has 108 valence electrons. The third-order valence-electron chi connectivity index (χ3n) is 3.28. The Balaban J connectivity index is 1.63. The summed E-state index contributed by atoms with van der Waals surface area (Å²) < 4.78 is 7.39. The molecule has 5 heteroatoms. The highest BCUT2D eigenvalue weighted by molar-refractivity contribution is 5.30. The van der Waals surface area contributed by atoms with Crippen molar-refractivity contribution in [3.8, 4) is 5.69 Å². The van der Waals surface area contributed by atoms with Gasteiger partial charge in [0.2, 0.25) is 5.89 Å². The van der Waals surface area contributed by atoms with Crippen LogP contribution in [0.1, 0.15) is 30.2 Å². The maximum Gasteiger partial charge on any atom is 0.211 e. The minimum absolute atomic E-state index is 0.0683. The fourth-order valence-corrected chi connectivity index (χ4v) is 2.10. The first-order valence-corrected chi connectivity index (χ1v) is 6.97. The fourth-order valence-electron chi connectivity index (χ4n) is 2.10. The SMILES string of the molecule is Cc1cnc(C(C)NCc2cnn(-c3ccccc3)c2)o1. The van der Waals surface area contributed by atoms with Crippen molar-refractivity contribution in [3.05, 3.63) is 66.1 Å². The summed E-state index contributed by atoms with van der Waals surface area (Å²) in [5.41, 5.74) is 2.18. The van der Waals surface area contributed by atoms with E-state index in [2.05, 4.69) is 15.4 Å². The molecule has 1 N–H and O–H groups in total. The van der Waals surface area contributed by atoms with Gasteiger partial charge in [0.1, 0.15) is 5.76 Å². The molecule has 3 aromatic rings. The molecule has 0 bridgehead atoms. The molecule has 0 aliphatic heterocycles. The monoisotopic (exact) mass is 282 g/mol. The van der Waals surface area contributed by atoms with Gasteiger partial charge in [-0.25, -0.2) is 9.67 Å². The van der Waals surface area contributed by atoms with Gasteiger partial charge in [0, 0.05) is 18.3 Å². The average molecular weight is 282 g/mol. The summed E-state index contributed by atoms with van der Waals surface area (Å²) in [6.07, 6.45) is 5.63. The zero-order chi connectivity index (χ0) is 14.7. The first-order valence-electron chi connectivity index (χ1n) is 6.97. The van der Waals surface area contributed by atoms with Gasteiger partial charge in [0.15, 0.2) is 0 Å². The number of nitrogens with one attached hydrogen (secondary N) is 1. The number of hydrogen-bond acceptors (Lipinski definition) is 4. The predicted octanol–water partition coefficient (Wildman–Crippen LogP) is 3.02. The summed E-state index contributed by atoms with van der Waals surface area (Å²) in [6, 6.07) is 10.1. The van der Waals surface area contributed by atoms with Gasteiger partial charge < -0.3 is 9.73 Å². The van der Waals surface area contributed by atoms with Gasteiger partial charge in [-0.05, 0) is 26.0 Å². The Labute approximate surface area is 123 Å². The van der Waals surface area contributed by atoms with Crippen molar-refractivity contribution in [2.24, 2.45) is 0 Å². The third-order valence-corrected chi connectivity index (χ3v) is 3.28. The maximum atomic E-state index is 5.51. The number of oxazole rings is 1. The molecule has 0 saturated heterocycles. The molecule has 1 aromatic carbocycles.